The van der Waals surface area contributed by atoms with Gasteiger partial charge >= 0.3 is 0 Å². The molecule has 1 heterocycles. The summed E-state index contributed by atoms with van der Waals surface area (Å²) in [5.41, 5.74) is 4.45. The number of rotatable bonds is 5. The molecule has 2 unspecified atom stereocenters. The van der Waals surface area contributed by atoms with Gasteiger partial charge in [-0.05, 0) is 50.8 Å². The van der Waals surface area contributed by atoms with Crippen molar-refractivity contribution < 1.29 is 18.8 Å². The van der Waals surface area contributed by atoms with Crippen molar-refractivity contribution >= 4 is 17.5 Å². The standard InChI is InChI=1S/C21H24N2O4/c1-11-7-12(2)17(13(3)8-11)18-16(24)9-15(19(18)25)5-6-22-21(26)20-14(4)23-10-27-20/h7-8,10,15,18H,5-6,9H2,1-4H3,(H,22,26). The zero-order chi connectivity index (χ0) is 19.7. The molecule has 0 spiro atoms. The number of hydrogen-bond acceptors (Lipinski definition) is 5. The van der Waals surface area contributed by atoms with Gasteiger partial charge in [0.2, 0.25) is 5.76 Å². The highest BCUT2D eigenvalue weighted by molar-refractivity contribution is 6.15. The number of carbonyl (C=O) groups excluding carboxylic acids is 3. The van der Waals surface area contributed by atoms with Crippen LogP contribution in [0.1, 0.15) is 57.3 Å². The van der Waals surface area contributed by atoms with Gasteiger partial charge in [0.15, 0.2) is 12.2 Å². The molecule has 142 valence electrons. The van der Waals surface area contributed by atoms with Crippen molar-refractivity contribution in [2.45, 2.75) is 46.5 Å². The molecule has 1 aliphatic carbocycles. The Labute approximate surface area is 158 Å². The number of aromatic nitrogens is 1. The largest absolute Gasteiger partial charge is 0.438 e. The number of carbonyl (C=O) groups is 3. The summed E-state index contributed by atoms with van der Waals surface area (Å²) in [4.78, 5) is 41.4. The number of hydrogen-bond donors (Lipinski definition) is 1. The normalized spacial score (nSPS) is 19.6. The van der Waals surface area contributed by atoms with Crippen molar-refractivity contribution in [3.8, 4) is 0 Å². The molecule has 0 saturated heterocycles. The fourth-order valence-corrected chi connectivity index (χ4v) is 4.01. The third kappa shape index (κ3) is 3.70. The molecule has 1 aromatic heterocycles. The lowest BCUT2D eigenvalue weighted by Gasteiger charge is -2.16. The molecule has 0 bridgehead atoms. The Morgan fingerprint density at radius 3 is 2.44 bits per heavy atom. The van der Waals surface area contributed by atoms with Gasteiger partial charge in [-0.1, -0.05) is 17.7 Å². The van der Waals surface area contributed by atoms with E-state index >= 15 is 0 Å². The number of ketones is 2. The fraction of sp³-hybridized carbons (Fsp3) is 0.429. The molecule has 1 N–H and O–H groups in total. The van der Waals surface area contributed by atoms with Crippen molar-refractivity contribution in [1.82, 2.24) is 10.3 Å². The van der Waals surface area contributed by atoms with Gasteiger partial charge in [0, 0.05) is 18.9 Å². The van der Waals surface area contributed by atoms with Gasteiger partial charge in [0.1, 0.15) is 11.7 Å². The molecule has 2 aromatic rings. The van der Waals surface area contributed by atoms with Crippen molar-refractivity contribution in [3.63, 3.8) is 0 Å². The smallest absolute Gasteiger partial charge is 0.288 e. The van der Waals surface area contributed by atoms with Gasteiger partial charge < -0.3 is 9.73 Å². The predicted octanol–water partition coefficient (Wildman–Crippen LogP) is 2.97. The monoisotopic (exact) mass is 368 g/mol. The van der Waals surface area contributed by atoms with E-state index in [1.54, 1.807) is 6.92 Å². The van der Waals surface area contributed by atoms with Gasteiger partial charge in [-0.3, -0.25) is 14.4 Å². The van der Waals surface area contributed by atoms with Crippen LogP contribution in [0.3, 0.4) is 0 Å². The number of amides is 1. The molecule has 0 radical (unpaired) electrons. The highest BCUT2D eigenvalue weighted by Gasteiger charge is 2.42. The Kier molecular flexibility index (Phi) is 5.26. The van der Waals surface area contributed by atoms with Gasteiger partial charge in [0.25, 0.3) is 5.91 Å². The number of oxazole rings is 1. The topological polar surface area (TPSA) is 89.3 Å². The second-order valence-electron chi connectivity index (χ2n) is 7.33. The van der Waals surface area contributed by atoms with Crippen LogP contribution in [0.15, 0.2) is 22.9 Å². The lowest BCUT2D eigenvalue weighted by atomic mass is 9.86. The molecular weight excluding hydrogens is 344 g/mol. The van der Waals surface area contributed by atoms with Crippen molar-refractivity contribution in [2.75, 3.05) is 6.54 Å². The van der Waals surface area contributed by atoms with Gasteiger partial charge in [-0.15, -0.1) is 0 Å². The molecule has 6 nitrogen and oxygen atoms in total. The molecule has 1 amide bonds. The van der Waals surface area contributed by atoms with E-state index in [0.29, 0.717) is 18.7 Å². The maximum absolute atomic E-state index is 12.9. The molecule has 6 heteroatoms. The molecule has 27 heavy (non-hydrogen) atoms. The highest BCUT2D eigenvalue weighted by Crippen LogP contribution is 2.37. The lowest BCUT2D eigenvalue weighted by Crippen LogP contribution is -2.27. The Hall–Kier alpha value is -2.76. The predicted molar refractivity (Wildman–Crippen MR) is 99.7 cm³/mol. The second-order valence-corrected chi connectivity index (χ2v) is 7.33. The van der Waals surface area contributed by atoms with E-state index in [2.05, 4.69) is 10.3 Å². The maximum Gasteiger partial charge on any atom is 0.288 e. The van der Waals surface area contributed by atoms with Crippen LogP contribution in [0.4, 0.5) is 0 Å². The van der Waals surface area contributed by atoms with Crippen molar-refractivity contribution in [1.29, 1.82) is 0 Å². The van der Waals surface area contributed by atoms with Crippen molar-refractivity contribution in [2.24, 2.45) is 5.92 Å². The Morgan fingerprint density at radius 2 is 1.85 bits per heavy atom. The summed E-state index contributed by atoms with van der Waals surface area (Å²) in [5.74, 6) is -1.30. The molecule has 1 aromatic carbocycles. The summed E-state index contributed by atoms with van der Waals surface area (Å²) in [6.07, 6.45) is 1.89. The van der Waals surface area contributed by atoms with E-state index in [1.807, 2.05) is 32.9 Å². The van der Waals surface area contributed by atoms with Crippen LogP contribution < -0.4 is 5.32 Å². The summed E-state index contributed by atoms with van der Waals surface area (Å²) >= 11 is 0. The maximum atomic E-state index is 12.9. The summed E-state index contributed by atoms with van der Waals surface area (Å²) < 4.78 is 5.05. The van der Waals surface area contributed by atoms with E-state index in [1.165, 1.54) is 6.39 Å². The third-order valence-corrected chi connectivity index (χ3v) is 5.21. The Bertz CT molecular complexity index is 890. The number of nitrogens with one attached hydrogen (secondary N) is 1. The molecule has 1 saturated carbocycles. The van der Waals surface area contributed by atoms with E-state index < -0.39 is 5.92 Å². The molecule has 2 atom stereocenters. The summed E-state index contributed by atoms with van der Waals surface area (Å²) in [6, 6.07) is 4.02. The summed E-state index contributed by atoms with van der Waals surface area (Å²) in [7, 11) is 0. The number of benzene rings is 1. The number of Topliss-reactive ketones (excluding diaryl/α,β-unsaturated/α-hetero) is 2. The van der Waals surface area contributed by atoms with Crippen LogP contribution >= 0.6 is 0 Å². The zero-order valence-corrected chi connectivity index (χ0v) is 16.1. The van der Waals surface area contributed by atoms with Gasteiger partial charge in [-0.2, -0.15) is 0 Å². The second kappa shape index (κ2) is 7.47. The Morgan fingerprint density at radius 1 is 1.19 bits per heavy atom. The minimum Gasteiger partial charge on any atom is -0.438 e. The minimum atomic E-state index is -0.678. The van der Waals surface area contributed by atoms with Crippen LogP contribution in [0, 0.1) is 33.6 Å². The van der Waals surface area contributed by atoms with Crippen LogP contribution in [-0.2, 0) is 9.59 Å². The summed E-state index contributed by atoms with van der Waals surface area (Å²) in [6.45, 7) is 7.89. The quantitative estimate of drug-likeness (QED) is 0.820. The first kappa shape index (κ1) is 19.0. The average Bonchev–Trinajstić information content (AvgIpc) is 3.12. The first-order chi connectivity index (χ1) is 12.8. The SMILES string of the molecule is Cc1cc(C)c(C2C(=O)CC(CCNC(=O)c3ocnc3C)C2=O)c(C)c1. The van der Waals surface area contributed by atoms with E-state index in [-0.39, 0.29) is 35.6 Å². The number of aryl methyl sites for hydroxylation is 4. The fourth-order valence-electron chi connectivity index (χ4n) is 4.01. The summed E-state index contributed by atoms with van der Waals surface area (Å²) in [5, 5.41) is 2.74. The van der Waals surface area contributed by atoms with E-state index in [9.17, 15) is 14.4 Å². The van der Waals surface area contributed by atoms with E-state index in [4.69, 9.17) is 4.42 Å². The van der Waals surface area contributed by atoms with Gasteiger partial charge in [0.05, 0.1) is 5.69 Å². The van der Waals surface area contributed by atoms with Crippen LogP contribution in [-0.4, -0.2) is 29.0 Å². The molecule has 0 aliphatic heterocycles. The average molecular weight is 368 g/mol. The molecular formula is C21H24N2O4. The van der Waals surface area contributed by atoms with E-state index in [0.717, 1.165) is 22.3 Å². The van der Waals surface area contributed by atoms with Crippen molar-refractivity contribution in [3.05, 3.63) is 52.2 Å². The zero-order valence-electron chi connectivity index (χ0n) is 16.1. The highest BCUT2D eigenvalue weighted by atomic mass is 16.3. The third-order valence-electron chi connectivity index (χ3n) is 5.21. The van der Waals surface area contributed by atoms with Crippen LogP contribution in [0.5, 0.6) is 0 Å². The lowest BCUT2D eigenvalue weighted by molar-refractivity contribution is -0.124. The minimum absolute atomic E-state index is 0.0301. The van der Waals surface area contributed by atoms with Crippen LogP contribution in [0.25, 0.3) is 0 Å². The molecule has 1 fully saturated rings. The first-order valence-corrected chi connectivity index (χ1v) is 9.12. The molecule has 1 aliphatic rings. The van der Waals surface area contributed by atoms with Crippen LogP contribution in [0.2, 0.25) is 0 Å². The van der Waals surface area contributed by atoms with Gasteiger partial charge in [-0.25, -0.2) is 4.98 Å². The number of nitrogens with zero attached hydrogens (tertiary/aromatic N) is 1. The Balaban J connectivity index is 1.66. The first-order valence-electron chi connectivity index (χ1n) is 9.12. The molecule has 3 rings (SSSR count).